The molecule has 0 saturated heterocycles. The number of hydrogen-bond donors (Lipinski definition) is 0. The van der Waals surface area contributed by atoms with E-state index in [0.717, 1.165) is 35.1 Å². The second-order valence-electron chi connectivity index (χ2n) is 9.27. The van der Waals surface area contributed by atoms with Crippen molar-refractivity contribution < 1.29 is 23.5 Å². The van der Waals surface area contributed by atoms with Gasteiger partial charge in [0, 0.05) is 4.47 Å². The number of ether oxygens (including phenoxy) is 2. The van der Waals surface area contributed by atoms with Crippen LogP contribution in [0.1, 0.15) is 75.7 Å². The van der Waals surface area contributed by atoms with Crippen molar-refractivity contribution in [3.63, 3.8) is 0 Å². The van der Waals surface area contributed by atoms with Gasteiger partial charge in [0.1, 0.15) is 16.2 Å². The summed E-state index contributed by atoms with van der Waals surface area (Å²) in [6.07, 6.45) is 4.43. The number of carbonyl (C=O) groups is 2. The largest absolute Gasteiger partial charge is 0.494 e. The Bertz CT molecular complexity index is 1610. The summed E-state index contributed by atoms with van der Waals surface area (Å²) in [5.74, 6) is -0.372. The Morgan fingerprint density at radius 2 is 1.90 bits per heavy atom. The number of unbranched alkanes of at least 4 members (excludes halogenated alkanes) is 3. The normalized spacial score (nSPS) is 14.6. The Labute approximate surface area is 237 Å². The molecule has 39 heavy (non-hydrogen) atoms. The van der Waals surface area contributed by atoms with E-state index in [1.807, 2.05) is 24.3 Å². The van der Waals surface area contributed by atoms with Gasteiger partial charge >= 0.3 is 5.97 Å². The molecular weight excluding hydrogens is 584 g/mol. The van der Waals surface area contributed by atoms with Crippen molar-refractivity contribution in [3.8, 4) is 5.75 Å². The highest BCUT2D eigenvalue weighted by atomic mass is 79.9. The van der Waals surface area contributed by atoms with Crippen LogP contribution in [0.3, 0.4) is 0 Å². The lowest BCUT2D eigenvalue weighted by Crippen LogP contribution is -2.29. The molecule has 2 aromatic heterocycles. The molecule has 0 bridgehead atoms. The van der Waals surface area contributed by atoms with Crippen molar-refractivity contribution >= 4 is 55.2 Å². The lowest BCUT2D eigenvalue weighted by atomic mass is 9.98. The molecule has 0 N–H and O–H groups in total. The van der Waals surface area contributed by atoms with Crippen LogP contribution < -0.4 is 15.1 Å². The highest BCUT2D eigenvalue weighted by Crippen LogP contribution is 2.43. The van der Waals surface area contributed by atoms with Gasteiger partial charge in [0.25, 0.3) is 5.91 Å². The zero-order valence-electron chi connectivity index (χ0n) is 21.8. The second kappa shape index (κ2) is 11.3. The van der Waals surface area contributed by atoms with Gasteiger partial charge in [-0.2, -0.15) is 0 Å². The molecule has 3 heterocycles. The number of thiazole rings is 1. The Morgan fingerprint density at radius 3 is 2.62 bits per heavy atom. The fraction of sp³-hybridized carbons (Fsp3) is 0.310. The third-order valence-electron chi connectivity index (χ3n) is 6.66. The molecule has 5 rings (SSSR count). The standard InChI is InChI=1S/C29H27BrN2O6S/c1-4-5-6-7-14-37-19-11-8-17(9-12-19)23-22-24(33)20-15-18(30)10-13-21(20)38-25(22)27(34)32(23)29-31-16(2)26(39-29)28(35)36-3/h8-13,15,23H,4-7,14H2,1-3H3. The summed E-state index contributed by atoms with van der Waals surface area (Å²) in [6.45, 7) is 4.46. The fourth-order valence-corrected chi connectivity index (χ4v) is 6.06. The first kappa shape index (κ1) is 27.1. The van der Waals surface area contributed by atoms with Gasteiger partial charge in [0.05, 0.1) is 36.4 Å². The molecule has 1 aliphatic rings. The van der Waals surface area contributed by atoms with Gasteiger partial charge in [-0.25, -0.2) is 9.78 Å². The first-order valence-electron chi connectivity index (χ1n) is 12.7. The number of esters is 1. The molecule has 0 aliphatic carbocycles. The van der Waals surface area contributed by atoms with Gasteiger partial charge < -0.3 is 13.9 Å². The molecule has 0 saturated carbocycles. The molecule has 1 atom stereocenters. The Morgan fingerprint density at radius 1 is 1.13 bits per heavy atom. The van der Waals surface area contributed by atoms with Crippen LogP contribution in [0, 0.1) is 6.92 Å². The van der Waals surface area contributed by atoms with E-state index in [1.165, 1.54) is 18.4 Å². The van der Waals surface area contributed by atoms with E-state index in [4.69, 9.17) is 13.9 Å². The zero-order valence-corrected chi connectivity index (χ0v) is 24.2. The monoisotopic (exact) mass is 610 g/mol. The highest BCUT2D eigenvalue weighted by Gasteiger charge is 2.45. The van der Waals surface area contributed by atoms with Crippen molar-refractivity contribution in [3.05, 3.63) is 84.6 Å². The lowest BCUT2D eigenvalue weighted by Gasteiger charge is -2.22. The third kappa shape index (κ3) is 5.10. The van der Waals surface area contributed by atoms with Gasteiger partial charge in [-0.15, -0.1) is 0 Å². The smallest absolute Gasteiger partial charge is 0.350 e. The van der Waals surface area contributed by atoms with Crippen molar-refractivity contribution in [2.24, 2.45) is 0 Å². The number of aryl methyl sites for hydroxylation is 1. The van der Waals surface area contributed by atoms with Crippen molar-refractivity contribution in [2.75, 3.05) is 18.6 Å². The van der Waals surface area contributed by atoms with E-state index in [9.17, 15) is 14.4 Å². The fourth-order valence-electron chi connectivity index (χ4n) is 4.69. The zero-order chi connectivity index (χ0) is 27.7. The van der Waals surface area contributed by atoms with Crippen LogP contribution in [0.5, 0.6) is 5.75 Å². The van der Waals surface area contributed by atoms with E-state index >= 15 is 0 Å². The van der Waals surface area contributed by atoms with E-state index in [-0.39, 0.29) is 26.8 Å². The van der Waals surface area contributed by atoms with E-state index in [0.29, 0.717) is 34.6 Å². The first-order chi connectivity index (χ1) is 18.8. The highest BCUT2D eigenvalue weighted by molar-refractivity contribution is 9.10. The molecule has 0 fully saturated rings. The van der Waals surface area contributed by atoms with Crippen LogP contribution in [-0.4, -0.2) is 30.6 Å². The lowest BCUT2D eigenvalue weighted by molar-refractivity contribution is 0.0605. The SMILES string of the molecule is CCCCCCOc1ccc(C2c3c(oc4ccc(Br)cc4c3=O)C(=O)N2c2nc(C)c(C(=O)OC)s2)cc1. The van der Waals surface area contributed by atoms with Crippen LogP contribution in [-0.2, 0) is 4.74 Å². The molecule has 0 radical (unpaired) electrons. The molecular formula is C29H27BrN2O6S. The van der Waals surface area contributed by atoms with E-state index < -0.39 is 17.9 Å². The minimum atomic E-state index is -0.804. The van der Waals surface area contributed by atoms with Crippen LogP contribution in [0.25, 0.3) is 11.0 Å². The summed E-state index contributed by atoms with van der Waals surface area (Å²) in [5.41, 5.74) is 1.37. The number of rotatable bonds is 9. The van der Waals surface area contributed by atoms with Crippen molar-refractivity contribution in [1.29, 1.82) is 0 Å². The summed E-state index contributed by atoms with van der Waals surface area (Å²) in [5, 5.41) is 0.635. The molecule has 2 aromatic carbocycles. The van der Waals surface area contributed by atoms with Crippen LogP contribution in [0.4, 0.5) is 5.13 Å². The summed E-state index contributed by atoms with van der Waals surface area (Å²) in [6, 6.07) is 11.6. The molecule has 8 nitrogen and oxygen atoms in total. The topological polar surface area (TPSA) is 98.9 Å². The van der Waals surface area contributed by atoms with Gasteiger partial charge in [-0.05, 0) is 49.2 Å². The minimum Gasteiger partial charge on any atom is -0.494 e. The van der Waals surface area contributed by atoms with Crippen molar-refractivity contribution in [2.45, 2.75) is 45.6 Å². The van der Waals surface area contributed by atoms with Crippen LogP contribution in [0.15, 0.2) is 56.1 Å². The molecule has 1 aliphatic heterocycles. The maximum absolute atomic E-state index is 13.8. The molecule has 0 spiro atoms. The average Bonchev–Trinajstić information content (AvgIpc) is 3.46. The second-order valence-corrected chi connectivity index (χ2v) is 11.2. The Balaban J connectivity index is 1.59. The maximum Gasteiger partial charge on any atom is 0.350 e. The average molecular weight is 612 g/mol. The van der Waals surface area contributed by atoms with Gasteiger partial charge in [0.2, 0.25) is 5.76 Å². The minimum absolute atomic E-state index is 0.0384. The number of aromatic nitrogens is 1. The Kier molecular flexibility index (Phi) is 7.86. The third-order valence-corrected chi connectivity index (χ3v) is 8.29. The number of halogens is 1. The molecule has 202 valence electrons. The number of carbonyl (C=O) groups excluding carboxylic acids is 2. The van der Waals surface area contributed by atoms with Gasteiger partial charge in [-0.3, -0.25) is 14.5 Å². The summed E-state index contributed by atoms with van der Waals surface area (Å²) >= 11 is 4.46. The summed E-state index contributed by atoms with van der Waals surface area (Å²) in [7, 11) is 1.29. The van der Waals surface area contributed by atoms with Crippen molar-refractivity contribution in [1.82, 2.24) is 4.98 Å². The summed E-state index contributed by atoms with van der Waals surface area (Å²) in [4.78, 5) is 46.2. The number of benzene rings is 2. The molecule has 1 unspecified atom stereocenters. The number of amides is 1. The van der Waals surface area contributed by atoms with E-state index in [1.54, 1.807) is 25.1 Å². The van der Waals surface area contributed by atoms with Crippen LogP contribution in [0.2, 0.25) is 0 Å². The number of fused-ring (bicyclic) bond motifs is 2. The number of methoxy groups -OCH3 is 1. The van der Waals surface area contributed by atoms with Gasteiger partial charge in [-0.1, -0.05) is 65.6 Å². The predicted molar refractivity (Wildman–Crippen MR) is 153 cm³/mol. The molecule has 1 amide bonds. The number of nitrogens with zero attached hydrogens (tertiary/aromatic N) is 2. The predicted octanol–water partition coefficient (Wildman–Crippen LogP) is 6.82. The summed E-state index contributed by atoms with van der Waals surface area (Å²) < 4.78 is 17.5. The van der Waals surface area contributed by atoms with Crippen LogP contribution >= 0.6 is 27.3 Å². The van der Waals surface area contributed by atoms with Gasteiger partial charge in [0.15, 0.2) is 10.6 Å². The Hall–Kier alpha value is -3.50. The van der Waals surface area contributed by atoms with E-state index in [2.05, 4.69) is 27.8 Å². The first-order valence-corrected chi connectivity index (χ1v) is 14.3. The maximum atomic E-state index is 13.8. The molecule has 10 heteroatoms. The quantitative estimate of drug-likeness (QED) is 0.151. The number of hydrogen-bond acceptors (Lipinski definition) is 8. The number of anilines is 1. The molecule has 4 aromatic rings.